The lowest BCUT2D eigenvalue weighted by Gasteiger charge is -2.21. The van der Waals surface area contributed by atoms with Crippen molar-refractivity contribution in [1.29, 1.82) is 0 Å². The van der Waals surface area contributed by atoms with Gasteiger partial charge < -0.3 is 14.3 Å². The number of aliphatic hydroxyl groups excluding tert-OH is 1. The fourth-order valence-corrected chi connectivity index (χ4v) is 0.716. The Morgan fingerprint density at radius 1 is 1.50 bits per heavy atom. The molecule has 14 heavy (non-hydrogen) atoms. The summed E-state index contributed by atoms with van der Waals surface area (Å²) < 4.78 is 5.50. The van der Waals surface area contributed by atoms with E-state index < -0.39 is 12.1 Å². The molecule has 0 fully saturated rings. The Morgan fingerprint density at radius 3 is 2.50 bits per heavy atom. The first-order valence-corrected chi connectivity index (χ1v) is 4.63. The average molecular weight is 202 g/mol. The summed E-state index contributed by atoms with van der Waals surface area (Å²) in [6.07, 6.45) is 2.56. The molecule has 82 valence electrons. The van der Waals surface area contributed by atoms with Crippen LogP contribution in [0.5, 0.6) is 0 Å². The molecule has 0 amide bonds. The molecule has 4 heteroatoms. The SMILES string of the molecule is CC(O)COC(=O)C=CC[N+](C)(C)C. The summed E-state index contributed by atoms with van der Waals surface area (Å²) in [6, 6.07) is 0. The van der Waals surface area contributed by atoms with Gasteiger partial charge in [0.25, 0.3) is 0 Å². The summed E-state index contributed by atoms with van der Waals surface area (Å²) in [5.74, 6) is -0.403. The van der Waals surface area contributed by atoms with E-state index in [9.17, 15) is 4.79 Å². The fourth-order valence-electron chi connectivity index (χ4n) is 0.716. The third-order valence-corrected chi connectivity index (χ3v) is 1.37. The Kier molecular flexibility index (Phi) is 5.42. The van der Waals surface area contributed by atoms with Crippen molar-refractivity contribution in [3.05, 3.63) is 12.2 Å². The second kappa shape index (κ2) is 5.78. The van der Waals surface area contributed by atoms with E-state index in [0.717, 1.165) is 11.0 Å². The minimum atomic E-state index is -0.606. The van der Waals surface area contributed by atoms with Gasteiger partial charge in [-0.1, -0.05) is 0 Å². The standard InChI is InChI=1S/C10H20NO3/c1-9(12)8-14-10(13)6-5-7-11(2,3)4/h5-6,9,12H,7-8H2,1-4H3/q+1. The zero-order chi connectivity index (χ0) is 11.2. The molecular weight excluding hydrogens is 182 g/mol. The van der Waals surface area contributed by atoms with Gasteiger partial charge in [-0.05, 0) is 13.0 Å². The molecular formula is C10H20NO3+. The van der Waals surface area contributed by atoms with Gasteiger partial charge in [0.15, 0.2) is 0 Å². The number of rotatable bonds is 5. The number of likely N-dealkylation sites (N-methyl/N-ethyl adjacent to an activating group) is 1. The Bertz CT molecular complexity index is 204. The molecule has 0 bridgehead atoms. The van der Waals surface area contributed by atoms with Gasteiger partial charge in [-0.3, -0.25) is 0 Å². The third-order valence-electron chi connectivity index (χ3n) is 1.37. The number of quaternary nitrogens is 1. The van der Waals surface area contributed by atoms with Gasteiger partial charge in [0.2, 0.25) is 0 Å². The molecule has 1 atom stereocenters. The molecule has 0 aliphatic carbocycles. The molecule has 0 aliphatic rings. The predicted octanol–water partition coefficient (Wildman–Crippen LogP) is 0.173. The number of carbonyl (C=O) groups is 1. The number of nitrogens with zero attached hydrogens (tertiary/aromatic N) is 1. The van der Waals surface area contributed by atoms with Crippen LogP contribution in [-0.4, -0.2) is 56.0 Å². The van der Waals surface area contributed by atoms with E-state index in [4.69, 9.17) is 9.84 Å². The molecule has 0 aromatic heterocycles. The summed E-state index contributed by atoms with van der Waals surface area (Å²) in [5, 5.41) is 8.85. The van der Waals surface area contributed by atoms with E-state index in [1.807, 2.05) is 21.1 Å². The van der Waals surface area contributed by atoms with E-state index in [-0.39, 0.29) is 6.61 Å². The minimum Gasteiger partial charge on any atom is -0.460 e. The van der Waals surface area contributed by atoms with Crippen molar-refractivity contribution >= 4 is 5.97 Å². The van der Waals surface area contributed by atoms with Crippen LogP contribution in [0, 0.1) is 0 Å². The van der Waals surface area contributed by atoms with Crippen molar-refractivity contribution in [3.63, 3.8) is 0 Å². The summed E-state index contributed by atoms with van der Waals surface area (Å²) in [5.41, 5.74) is 0. The lowest BCUT2D eigenvalue weighted by atomic mass is 10.4. The molecule has 4 nitrogen and oxygen atoms in total. The van der Waals surface area contributed by atoms with Crippen LogP contribution >= 0.6 is 0 Å². The van der Waals surface area contributed by atoms with E-state index in [1.165, 1.54) is 6.08 Å². The highest BCUT2D eigenvalue weighted by Crippen LogP contribution is 1.91. The maximum Gasteiger partial charge on any atom is 0.330 e. The number of ether oxygens (including phenoxy) is 1. The lowest BCUT2D eigenvalue weighted by Crippen LogP contribution is -2.34. The van der Waals surface area contributed by atoms with Crippen molar-refractivity contribution < 1.29 is 19.1 Å². The quantitative estimate of drug-likeness (QED) is 0.393. The Hall–Kier alpha value is -0.870. The molecule has 0 spiro atoms. The first-order chi connectivity index (χ1) is 6.31. The maximum absolute atomic E-state index is 11.0. The molecule has 0 aliphatic heterocycles. The fraction of sp³-hybridized carbons (Fsp3) is 0.700. The second-order valence-corrected chi connectivity index (χ2v) is 4.35. The van der Waals surface area contributed by atoms with Crippen molar-refractivity contribution in [2.45, 2.75) is 13.0 Å². The van der Waals surface area contributed by atoms with Gasteiger partial charge in [-0.15, -0.1) is 0 Å². The van der Waals surface area contributed by atoms with Crippen LogP contribution in [0.25, 0.3) is 0 Å². The van der Waals surface area contributed by atoms with Gasteiger partial charge in [0, 0.05) is 6.08 Å². The molecule has 0 aromatic carbocycles. The van der Waals surface area contributed by atoms with Crippen LogP contribution in [0.2, 0.25) is 0 Å². The van der Waals surface area contributed by atoms with Crippen LogP contribution in [0.4, 0.5) is 0 Å². The van der Waals surface area contributed by atoms with Crippen molar-refractivity contribution in [1.82, 2.24) is 0 Å². The Labute approximate surface area is 85.4 Å². The molecule has 0 saturated carbocycles. The van der Waals surface area contributed by atoms with Crippen LogP contribution in [0.15, 0.2) is 12.2 Å². The summed E-state index contributed by atoms with van der Waals surface area (Å²) in [7, 11) is 6.10. The van der Waals surface area contributed by atoms with Gasteiger partial charge >= 0.3 is 5.97 Å². The highest BCUT2D eigenvalue weighted by Gasteiger charge is 2.04. The molecule has 1 unspecified atom stereocenters. The second-order valence-electron chi connectivity index (χ2n) is 4.35. The van der Waals surface area contributed by atoms with Crippen LogP contribution < -0.4 is 0 Å². The van der Waals surface area contributed by atoms with Crippen LogP contribution in [-0.2, 0) is 9.53 Å². The molecule has 0 rings (SSSR count). The van der Waals surface area contributed by atoms with Crippen molar-refractivity contribution in [3.8, 4) is 0 Å². The van der Waals surface area contributed by atoms with Gasteiger partial charge in [0.05, 0.1) is 33.8 Å². The smallest absolute Gasteiger partial charge is 0.330 e. The largest absolute Gasteiger partial charge is 0.460 e. The van der Waals surface area contributed by atoms with Gasteiger partial charge in [-0.25, -0.2) is 4.79 Å². The molecule has 0 aromatic rings. The van der Waals surface area contributed by atoms with E-state index in [1.54, 1.807) is 13.0 Å². The average Bonchev–Trinajstić information content (AvgIpc) is 1.98. The molecule has 0 heterocycles. The summed E-state index contributed by atoms with van der Waals surface area (Å²) in [6.45, 7) is 2.39. The van der Waals surface area contributed by atoms with Gasteiger partial charge in [0.1, 0.15) is 6.61 Å². The molecule has 0 saturated heterocycles. The highest BCUT2D eigenvalue weighted by atomic mass is 16.5. The monoisotopic (exact) mass is 202 g/mol. The van der Waals surface area contributed by atoms with E-state index in [0.29, 0.717) is 0 Å². The molecule has 0 radical (unpaired) electrons. The van der Waals surface area contributed by atoms with E-state index >= 15 is 0 Å². The maximum atomic E-state index is 11.0. The topological polar surface area (TPSA) is 46.5 Å². The number of hydrogen-bond acceptors (Lipinski definition) is 3. The first kappa shape index (κ1) is 13.1. The Morgan fingerprint density at radius 2 is 2.07 bits per heavy atom. The lowest BCUT2D eigenvalue weighted by molar-refractivity contribution is -0.864. The number of esters is 1. The normalized spacial score (nSPS) is 14.4. The summed E-state index contributed by atoms with van der Waals surface area (Å²) in [4.78, 5) is 11.0. The first-order valence-electron chi connectivity index (χ1n) is 4.63. The third kappa shape index (κ3) is 9.22. The predicted molar refractivity (Wildman–Crippen MR) is 54.7 cm³/mol. The number of aliphatic hydroxyl groups is 1. The molecule has 1 N–H and O–H groups in total. The summed E-state index contributed by atoms with van der Waals surface area (Å²) >= 11 is 0. The van der Waals surface area contributed by atoms with Crippen LogP contribution in [0.1, 0.15) is 6.92 Å². The zero-order valence-electron chi connectivity index (χ0n) is 9.36. The highest BCUT2D eigenvalue weighted by molar-refractivity contribution is 5.81. The van der Waals surface area contributed by atoms with E-state index in [2.05, 4.69) is 0 Å². The minimum absolute atomic E-state index is 0.0492. The van der Waals surface area contributed by atoms with Crippen molar-refractivity contribution in [2.24, 2.45) is 0 Å². The number of carbonyl (C=O) groups excluding carboxylic acids is 1. The van der Waals surface area contributed by atoms with Crippen molar-refractivity contribution in [2.75, 3.05) is 34.3 Å². The zero-order valence-corrected chi connectivity index (χ0v) is 9.36. The van der Waals surface area contributed by atoms with Crippen LogP contribution in [0.3, 0.4) is 0 Å². The van der Waals surface area contributed by atoms with Gasteiger partial charge in [-0.2, -0.15) is 0 Å². The Balaban J connectivity index is 3.72. The number of hydrogen-bond donors (Lipinski definition) is 1.